The van der Waals surface area contributed by atoms with Gasteiger partial charge in [0.1, 0.15) is 5.78 Å². The van der Waals surface area contributed by atoms with Gasteiger partial charge >= 0.3 is 0 Å². The highest BCUT2D eigenvalue weighted by molar-refractivity contribution is 5.84. The second kappa shape index (κ2) is 4.50. The third kappa shape index (κ3) is 2.09. The molecule has 1 aromatic rings. The van der Waals surface area contributed by atoms with Crippen LogP contribution < -0.4 is 5.32 Å². The summed E-state index contributed by atoms with van der Waals surface area (Å²) in [5.41, 5.74) is 1.54. The first kappa shape index (κ1) is 11.9. The Balaban J connectivity index is 1.53. The lowest BCUT2D eigenvalue weighted by Gasteiger charge is -2.23. The van der Waals surface area contributed by atoms with Gasteiger partial charge in [-0.3, -0.25) is 9.48 Å². The molecular weight excluding hydrogens is 226 g/mol. The van der Waals surface area contributed by atoms with Gasteiger partial charge in [0.05, 0.1) is 0 Å². The van der Waals surface area contributed by atoms with Crippen LogP contribution in [-0.4, -0.2) is 28.7 Å². The van der Waals surface area contributed by atoms with Crippen LogP contribution in [0.1, 0.15) is 31.4 Å². The molecule has 0 bridgehead atoms. The number of piperidine rings is 1. The minimum atomic E-state index is 0.354. The van der Waals surface area contributed by atoms with Gasteiger partial charge in [0.25, 0.3) is 0 Å². The predicted octanol–water partition coefficient (Wildman–Crippen LogP) is 1.31. The summed E-state index contributed by atoms with van der Waals surface area (Å²) in [6.45, 7) is 2.18. The summed E-state index contributed by atoms with van der Waals surface area (Å²) in [6, 6.07) is 2.00. The fraction of sp³-hybridized carbons (Fsp3) is 0.714. The molecule has 1 saturated carbocycles. The molecule has 1 N–H and O–H groups in total. The predicted molar refractivity (Wildman–Crippen MR) is 69.2 cm³/mol. The van der Waals surface area contributed by atoms with Crippen molar-refractivity contribution in [3.63, 3.8) is 0 Å². The zero-order valence-corrected chi connectivity index (χ0v) is 11.0. The molecule has 2 heterocycles. The Bertz CT molecular complexity index is 446. The van der Waals surface area contributed by atoms with Crippen LogP contribution in [0.2, 0.25) is 0 Å². The molecule has 2 aliphatic rings. The highest BCUT2D eigenvalue weighted by Gasteiger charge is 2.56. The van der Waals surface area contributed by atoms with E-state index < -0.39 is 0 Å². The molecule has 1 saturated heterocycles. The van der Waals surface area contributed by atoms with Gasteiger partial charge < -0.3 is 5.32 Å². The fourth-order valence-electron chi connectivity index (χ4n) is 3.35. The number of aryl methyl sites for hydroxylation is 2. The monoisotopic (exact) mass is 247 g/mol. The SMILES string of the molecule is Cn1nccc1CCC(=O)C1CC12CCNCC2. The number of rotatable bonds is 4. The standard InChI is InChI=1S/C14H21N3O/c1-17-11(4-7-16-17)2-3-13(18)12-10-14(12)5-8-15-9-6-14/h4,7,12,15H,2-3,5-6,8-10H2,1H3. The maximum absolute atomic E-state index is 12.2. The summed E-state index contributed by atoms with van der Waals surface area (Å²) in [6.07, 6.45) is 6.83. The van der Waals surface area contributed by atoms with Crippen LogP contribution in [0.3, 0.4) is 0 Å². The number of carbonyl (C=O) groups is 1. The molecule has 1 atom stereocenters. The van der Waals surface area contributed by atoms with Crippen molar-refractivity contribution in [2.45, 2.75) is 32.1 Å². The van der Waals surface area contributed by atoms with Crippen molar-refractivity contribution in [1.29, 1.82) is 0 Å². The maximum Gasteiger partial charge on any atom is 0.136 e. The van der Waals surface area contributed by atoms with Gasteiger partial charge in [0.2, 0.25) is 0 Å². The van der Waals surface area contributed by atoms with E-state index in [0.29, 0.717) is 23.5 Å². The van der Waals surface area contributed by atoms with Gasteiger partial charge in [0.15, 0.2) is 0 Å². The number of Topliss-reactive ketones (excluding diaryl/α,β-unsaturated/α-hetero) is 1. The molecule has 1 aliphatic carbocycles. The average Bonchev–Trinajstić information content (AvgIpc) is 2.90. The molecule has 3 rings (SSSR count). The molecule has 4 heteroatoms. The number of nitrogens with zero attached hydrogens (tertiary/aromatic N) is 2. The second-order valence-corrected chi connectivity index (χ2v) is 5.78. The zero-order valence-electron chi connectivity index (χ0n) is 11.0. The normalized spacial score (nSPS) is 25.3. The van der Waals surface area contributed by atoms with E-state index >= 15 is 0 Å². The molecule has 98 valence electrons. The van der Waals surface area contributed by atoms with E-state index in [1.807, 2.05) is 17.8 Å². The van der Waals surface area contributed by atoms with Gasteiger partial charge in [-0.05, 0) is 50.3 Å². The fourth-order valence-corrected chi connectivity index (χ4v) is 3.35. The van der Waals surface area contributed by atoms with Crippen LogP contribution in [0.25, 0.3) is 0 Å². The van der Waals surface area contributed by atoms with Crippen molar-refractivity contribution >= 4 is 5.78 Å². The van der Waals surface area contributed by atoms with Crippen LogP contribution in [0.5, 0.6) is 0 Å². The minimum absolute atomic E-state index is 0.354. The second-order valence-electron chi connectivity index (χ2n) is 5.78. The van der Waals surface area contributed by atoms with E-state index in [-0.39, 0.29) is 0 Å². The average molecular weight is 247 g/mol. The molecule has 1 spiro atoms. The molecule has 1 aliphatic heterocycles. The molecule has 0 aromatic carbocycles. The van der Waals surface area contributed by atoms with Crippen molar-refractivity contribution in [3.8, 4) is 0 Å². The Labute approximate surface area is 108 Å². The Morgan fingerprint density at radius 3 is 3.00 bits per heavy atom. The highest BCUT2D eigenvalue weighted by Crippen LogP contribution is 2.59. The smallest absolute Gasteiger partial charge is 0.136 e. The van der Waals surface area contributed by atoms with E-state index in [2.05, 4.69) is 10.4 Å². The molecule has 0 radical (unpaired) electrons. The van der Waals surface area contributed by atoms with Gasteiger partial charge in [0, 0.05) is 31.3 Å². The summed E-state index contributed by atoms with van der Waals surface area (Å²) in [5, 5.41) is 7.51. The van der Waals surface area contributed by atoms with Crippen molar-refractivity contribution in [1.82, 2.24) is 15.1 Å². The highest BCUT2D eigenvalue weighted by atomic mass is 16.1. The number of hydrogen-bond donors (Lipinski definition) is 1. The quantitative estimate of drug-likeness (QED) is 0.872. The van der Waals surface area contributed by atoms with Crippen LogP contribution in [-0.2, 0) is 18.3 Å². The maximum atomic E-state index is 12.2. The first-order valence-electron chi connectivity index (χ1n) is 6.92. The van der Waals surface area contributed by atoms with E-state index in [0.717, 1.165) is 31.6 Å². The van der Waals surface area contributed by atoms with E-state index in [4.69, 9.17) is 0 Å². The first-order chi connectivity index (χ1) is 8.71. The molecule has 1 unspecified atom stereocenters. The first-order valence-corrected chi connectivity index (χ1v) is 6.92. The minimum Gasteiger partial charge on any atom is -0.317 e. The van der Waals surface area contributed by atoms with Crippen molar-refractivity contribution in [3.05, 3.63) is 18.0 Å². The summed E-state index contributed by atoms with van der Waals surface area (Å²) in [5.74, 6) is 0.825. The lowest BCUT2D eigenvalue weighted by molar-refractivity contribution is -0.121. The Kier molecular flexibility index (Phi) is 2.98. The Morgan fingerprint density at radius 1 is 1.56 bits per heavy atom. The Hall–Kier alpha value is -1.16. The van der Waals surface area contributed by atoms with Crippen molar-refractivity contribution in [2.75, 3.05) is 13.1 Å². The lowest BCUT2D eigenvalue weighted by Crippen LogP contribution is -2.30. The topological polar surface area (TPSA) is 46.9 Å². The lowest BCUT2D eigenvalue weighted by atomic mass is 9.90. The Morgan fingerprint density at radius 2 is 2.33 bits per heavy atom. The number of aromatic nitrogens is 2. The summed E-state index contributed by atoms with van der Waals surface area (Å²) >= 11 is 0. The molecule has 0 amide bonds. The number of nitrogens with one attached hydrogen (secondary N) is 1. The molecular formula is C14H21N3O. The number of hydrogen-bond acceptors (Lipinski definition) is 3. The van der Waals surface area contributed by atoms with Crippen molar-refractivity contribution < 1.29 is 4.79 Å². The number of ketones is 1. The molecule has 4 nitrogen and oxygen atoms in total. The molecule has 2 fully saturated rings. The van der Waals surface area contributed by atoms with Crippen molar-refractivity contribution in [2.24, 2.45) is 18.4 Å². The third-order valence-electron chi connectivity index (χ3n) is 4.73. The van der Waals surface area contributed by atoms with E-state index in [1.54, 1.807) is 6.20 Å². The molecule has 1 aromatic heterocycles. The van der Waals surface area contributed by atoms with Gasteiger partial charge in [-0.15, -0.1) is 0 Å². The van der Waals surface area contributed by atoms with E-state index in [9.17, 15) is 4.79 Å². The summed E-state index contributed by atoms with van der Waals surface area (Å²) in [7, 11) is 1.94. The summed E-state index contributed by atoms with van der Waals surface area (Å²) in [4.78, 5) is 12.2. The van der Waals surface area contributed by atoms with Gasteiger partial charge in [-0.1, -0.05) is 0 Å². The van der Waals surface area contributed by atoms with Crippen LogP contribution >= 0.6 is 0 Å². The van der Waals surface area contributed by atoms with Crippen LogP contribution in [0.4, 0.5) is 0 Å². The van der Waals surface area contributed by atoms with Gasteiger partial charge in [-0.25, -0.2) is 0 Å². The third-order valence-corrected chi connectivity index (χ3v) is 4.73. The van der Waals surface area contributed by atoms with Gasteiger partial charge in [-0.2, -0.15) is 5.10 Å². The van der Waals surface area contributed by atoms with Crippen LogP contribution in [0, 0.1) is 11.3 Å². The zero-order chi connectivity index (χ0) is 12.6. The molecule has 18 heavy (non-hydrogen) atoms. The largest absolute Gasteiger partial charge is 0.317 e. The van der Waals surface area contributed by atoms with Crippen LogP contribution in [0.15, 0.2) is 12.3 Å². The van der Waals surface area contributed by atoms with E-state index in [1.165, 1.54) is 12.8 Å². The summed E-state index contributed by atoms with van der Waals surface area (Å²) < 4.78 is 1.86. The number of carbonyl (C=O) groups excluding carboxylic acids is 1.